The van der Waals surface area contributed by atoms with Gasteiger partial charge in [0.05, 0.1) is 17.4 Å². The normalized spacial score (nSPS) is 13.3. The molecule has 0 saturated heterocycles. The van der Waals surface area contributed by atoms with Crippen LogP contribution in [0.2, 0.25) is 0 Å². The Balaban J connectivity index is 1.76. The second kappa shape index (κ2) is 5.58. The highest BCUT2D eigenvalue weighted by Gasteiger charge is 2.27. The van der Waals surface area contributed by atoms with E-state index in [0.29, 0.717) is 16.2 Å². The van der Waals surface area contributed by atoms with Crippen LogP contribution in [-0.4, -0.2) is 18.1 Å². The molecule has 0 aliphatic heterocycles. The molecule has 1 aliphatic rings. The lowest BCUT2D eigenvalue weighted by Gasteiger charge is -2.05. The number of ether oxygens (including phenoxy) is 1. The minimum atomic E-state index is -0.339. The van der Waals surface area contributed by atoms with Gasteiger partial charge >= 0.3 is 5.97 Å². The summed E-state index contributed by atoms with van der Waals surface area (Å²) in [6, 6.07) is 4.89. The van der Waals surface area contributed by atoms with E-state index in [1.807, 2.05) is 6.07 Å². The van der Waals surface area contributed by atoms with Gasteiger partial charge in [-0.2, -0.15) is 0 Å². The first kappa shape index (κ1) is 14.6. The third-order valence-electron chi connectivity index (χ3n) is 3.90. The fourth-order valence-corrected chi connectivity index (χ4v) is 5.10. The first-order valence-corrected chi connectivity index (χ1v) is 8.85. The van der Waals surface area contributed by atoms with Gasteiger partial charge in [-0.15, -0.1) is 11.3 Å². The minimum Gasteiger partial charge on any atom is -0.465 e. The Morgan fingerprint density at radius 3 is 3.00 bits per heavy atom. The number of hydrogen-bond acceptors (Lipinski definition) is 6. The van der Waals surface area contributed by atoms with E-state index >= 15 is 0 Å². The molecular formula is C16H13FN2O2S2. The molecule has 0 saturated carbocycles. The molecule has 7 heteroatoms. The van der Waals surface area contributed by atoms with Crippen LogP contribution in [0.4, 0.5) is 14.5 Å². The number of hydrogen-bond donors (Lipinski definition) is 1. The van der Waals surface area contributed by atoms with Crippen LogP contribution in [0.25, 0.3) is 10.2 Å². The number of esters is 1. The number of methoxy groups -OCH3 is 1. The fraction of sp³-hybridized carbons (Fsp3) is 0.250. The molecule has 0 unspecified atom stereocenters. The van der Waals surface area contributed by atoms with E-state index in [-0.39, 0.29) is 11.8 Å². The molecule has 0 radical (unpaired) electrons. The first-order valence-electron chi connectivity index (χ1n) is 7.22. The highest BCUT2D eigenvalue weighted by atomic mass is 32.1. The van der Waals surface area contributed by atoms with Crippen molar-refractivity contribution in [3.8, 4) is 0 Å². The lowest BCUT2D eigenvalue weighted by Crippen LogP contribution is -2.05. The number of para-hydroxylation sites is 1. The smallest absolute Gasteiger partial charge is 0.341 e. The van der Waals surface area contributed by atoms with Gasteiger partial charge < -0.3 is 10.1 Å². The SMILES string of the molecule is COC(=O)c1c(Nc2nc3c(F)cccc3s2)sc2c1CCC2. The Labute approximate surface area is 139 Å². The van der Waals surface area contributed by atoms with Crippen LogP contribution >= 0.6 is 22.7 Å². The van der Waals surface area contributed by atoms with Gasteiger partial charge in [0.15, 0.2) is 5.13 Å². The van der Waals surface area contributed by atoms with Gasteiger partial charge in [-0.05, 0) is 37.0 Å². The van der Waals surface area contributed by atoms with Crippen molar-refractivity contribution in [2.45, 2.75) is 19.3 Å². The minimum absolute atomic E-state index is 0.334. The van der Waals surface area contributed by atoms with E-state index in [2.05, 4.69) is 10.3 Å². The number of fused-ring (bicyclic) bond motifs is 2. The number of rotatable bonds is 3. The fourth-order valence-electron chi connectivity index (χ4n) is 2.88. The Morgan fingerprint density at radius 1 is 1.35 bits per heavy atom. The van der Waals surface area contributed by atoms with E-state index in [1.165, 1.54) is 29.4 Å². The number of carbonyl (C=O) groups excluding carboxylic acids is 1. The Morgan fingerprint density at radius 2 is 2.22 bits per heavy atom. The van der Waals surface area contributed by atoms with Crippen molar-refractivity contribution in [3.63, 3.8) is 0 Å². The summed E-state index contributed by atoms with van der Waals surface area (Å²) in [5, 5.41) is 4.51. The third-order valence-corrected chi connectivity index (χ3v) is 6.04. The van der Waals surface area contributed by atoms with Gasteiger partial charge in [0, 0.05) is 4.88 Å². The predicted molar refractivity (Wildman–Crippen MR) is 90.5 cm³/mol. The van der Waals surface area contributed by atoms with E-state index in [0.717, 1.165) is 34.5 Å². The average Bonchev–Trinajstić information content (AvgIpc) is 3.21. The van der Waals surface area contributed by atoms with Gasteiger partial charge in [-0.1, -0.05) is 17.4 Å². The molecule has 3 aromatic rings. The van der Waals surface area contributed by atoms with E-state index in [9.17, 15) is 9.18 Å². The summed E-state index contributed by atoms with van der Waals surface area (Å²) in [4.78, 5) is 17.7. The maximum atomic E-state index is 13.8. The zero-order valence-corrected chi connectivity index (χ0v) is 13.9. The average molecular weight is 348 g/mol. The van der Waals surface area contributed by atoms with Crippen LogP contribution in [0.3, 0.4) is 0 Å². The molecule has 4 rings (SSSR count). The maximum Gasteiger partial charge on any atom is 0.341 e. The molecule has 1 aromatic carbocycles. The standard InChI is InChI=1S/C16H13FN2O2S2/c1-21-15(20)12-8-4-2-6-10(8)22-14(12)19-16-18-13-9(17)5-3-7-11(13)23-16/h3,5,7H,2,4,6H2,1H3,(H,18,19). The highest BCUT2D eigenvalue weighted by molar-refractivity contribution is 7.23. The van der Waals surface area contributed by atoms with Gasteiger partial charge in [-0.3, -0.25) is 0 Å². The molecule has 0 spiro atoms. The number of thiazole rings is 1. The number of benzene rings is 1. The van der Waals surface area contributed by atoms with Crippen molar-refractivity contribution in [2.75, 3.05) is 12.4 Å². The van der Waals surface area contributed by atoms with Gasteiger partial charge in [0.1, 0.15) is 16.3 Å². The third kappa shape index (κ3) is 2.40. The molecule has 0 bridgehead atoms. The topological polar surface area (TPSA) is 51.2 Å². The Bertz CT molecular complexity index is 916. The number of nitrogens with one attached hydrogen (secondary N) is 1. The highest BCUT2D eigenvalue weighted by Crippen LogP contribution is 2.41. The number of aryl methyl sites for hydroxylation is 1. The number of nitrogens with zero attached hydrogens (tertiary/aromatic N) is 1. The predicted octanol–water partition coefficient (Wildman–Crippen LogP) is 4.52. The van der Waals surface area contributed by atoms with Crippen LogP contribution in [0, 0.1) is 5.82 Å². The molecule has 0 amide bonds. The number of halogens is 1. The monoisotopic (exact) mass is 348 g/mol. The van der Waals surface area contributed by atoms with Crippen LogP contribution in [0.5, 0.6) is 0 Å². The Kier molecular flexibility index (Phi) is 3.54. The van der Waals surface area contributed by atoms with Crippen molar-refractivity contribution in [1.29, 1.82) is 0 Å². The van der Waals surface area contributed by atoms with Crippen LogP contribution in [-0.2, 0) is 17.6 Å². The van der Waals surface area contributed by atoms with Crippen molar-refractivity contribution in [2.24, 2.45) is 0 Å². The molecule has 0 atom stereocenters. The quantitative estimate of drug-likeness (QED) is 0.707. The van der Waals surface area contributed by atoms with Crippen LogP contribution in [0.15, 0.2) is 18.2 Å². The molecule has 4 nitrogen and oxygen atoms in total. The first-order chi connectivity index (χ1) is 11.2. The van der Waals surface area contributed by atoms with E-state index in [1.54, 1.807) is 17.4 Å². The van der Waals surface area contributed by atoms with Gasteiger partial charge in [-0.25, -0.2) is 14.2 Å². The summed E-state index contributed by atoms with van der Waals surface area (Å²) in [5.41, 5.74) is 2.03. The molecule has 2 aromatic heterocycles. The van der Waals surface area contributed by atoms with Crippen molar-refractivity contribution < 1.29 is 13.9 Å². The summed E-state index contributed by atoms with van der Waals surface area (Å²) < 4.78 is 19.5. The van der Waals surface area contributed by atoms with Gasteiger partial charge in [0.2, 0.25) is 0 Å². The summed E-state index contributed by atoms with van der Waals surface area (Å²) >= 11 is 2.93. The molecule has 118 valence electrons. The lowest BCUT2D eigenvalue weighted by atomic mass is 10.1. The molecule has 1 N–H and O–H groups in total. The number of anilines is 2. The second-order valence-electron chi connectivity index (χ2n) is 5.28. The molecule has 2 heterocycles. The number of thiophene rings is 1. The maximum absolute atomic E-state index is 13.8. The van der Waals surface area contributed by atoms with Crippen LogP contribution in [0.1, 0.15) is 27.2 Å². The number of carbonyl (C=O) groups is 1. The summed E-state index contributed by atoms with van der Waals surface area (Å²) in [5.74, 6) is -0.673. The van der Waals surface area contributed by atoms with Crippen molar-refractivity contribution >= 4 is 49.0 Å². The summed E-state index contributed by atoms with van der Waals surface area (Å²) in [6.45, 7) is 0. The largest absolute Gasteiger partial charge is 0.465 e. The van der Waals surface area contributed by atoms with Crippen molar-refractivity contribution in [1.82, 2.24) is 4.98 Å². The number of aromatic nitrogens is 1. The van der Waals surface area contributed by atoms with E-state index < -0.39 is 0 Å². The van der Waals surface area contributed by atoms with Crippen molar-refractivity contribution in [3.05, 3.63) is 40.0 Å². The zero-order valence-electron chi connectivity index (χ0n) is 12.3. The van der Waals surface area contributed by atoms with Crippen LogP contribution < -0.4 is 5.32 Å². The molecular weight excluding hydrogens is 335 g/mol. The zero-order chi connectivity index (χ0) is 16.0. The van der Waals surface area contributed by atoms with E-state index in [4.69, 9.17) is 4.74 Å². The molecule has 1 aliphatic carbocycles. The lowest BCUT2D eigenvalue weighted by molar-refractivity contribution is 0.0601. The van der Waals surface area contributed by atoms with Gasteiger partial charge in [0.25, 0.3) is 0 Å². The Hall–Kier alpha value is -1.99. The summed E-state index contributed by atoms with van der Waals surface area (Å²) in [6.07, 6.45) is 2.95. The summed E-state index contributed by atoms with van der Waals surface area (Å²) in [7, 11) is 1.39. The molecule has 0 fully saturated rings. The second-order valence-corrected chi connectivity index (χ2v) is 7.42. The molecule has 23 heavy (non-hydrogen) atoms.